The lowest BCUT2D eigenvalue weighted by atomic mass is 9.93. The minimum atomic E-state index is -0.357. The van der Waals surface area contributed by atoms with Crippen LogP contribution in [0, 0.1) is 35.5 Å². The molecule has 174 valence electrons. The van der Waals surface area contributed by atoms with Crippen LogP contribution in [0.15, 0.2) is 49.6 Å². The van der Waals surface area contributed by atoms with Crippen molar-refractivity contribution in [2.75, 3.05) is 27.3 Å². The Morgan fingerprint density at radius 1 is 1.03 bits per heavy atom. The third-order valence-electron chi connectivity index (χ3n) is 6.31. The normalized spacial score (nSPS) is 29.5. The topological polar surface area (TPSA) is 90.6 Å². The maximum atomic E-state index is 11.3. The van der Waals surface area contributed by atoms with Crippen molar-refractivity contribution >= 4 is 12.1 Å². The molecule has 2 aliphatic rings. The molecule has 0 heterocycles. The standard InChI is InChI=1S/C20H32N2O2.C5H8O2/c1-4-14-8-17(18(9-14)12-21)7-6-15-10-16(5-2)19(11-15)13-24-20(23)22-3;1-4(2)5(6)7-3/h4-7,14-19H,1-2,8-13,21H2,3H3,(H,22,23);1H2,2-3H3/b7-6-;. The molecule has 6 heteroatoms. The van der Waals surface area contributed by atoms with Gasteiger partial charge in [-0.1, -0.05) is 30.9 Å². The van der Waals surface area contributed by atoms with E-state index in [-0.39, 0.29) is 12.1 Å². The molecule has 0 aromatic rings. The molecule has 2 fully saturated rings. The smallest absolute Gasteiger partial charge is 0.406 e. The highest BCUT2D eigenvalue weighted by molar-refractivity contribution is 5.86. The zero-order valence-corrected chi connectivity index (χ0v) is 19.3. The van der Waals surface area contributed by atoms with Crippen molar-refractivity contribution in [3.63, 3.8) is 0 Å². The predicted molar refractivity (Wildman–Crippen MR) is 125 cm³/mol. The van der Waals surface area contributed by atoms with Crippen LogP contribution in [0.4, 0.5) is 4.79 Å². The molecule has 0 bridgehead atoms. The maximum absolute atomic E-state index is 11.3. The number of esters is 1. The molecule has 31 heavy (non-hydrogen) atoms. The van der Waals surface area contributed by atoms with E-state index in [1.807, 2.05) is 6.08 Å². The van der Waals surface area contributed by atoms with Gasteiger partial charge in [0.25, 0.3) is 0 Å². The summed E-state index contributed by atoms with van der Waals surface area (Å²) in [6.07, 6.45) is 13.0. The molecule has 3 N–H and O–H groups in total. The van der Waals surface area contributed by atoms with Gasteiger partial charge in [-0.2, -0.15) is 0 Å². The molecular weight excluding hydrogens is 392 g/mol. The molecule has 0 saturated heterocycles. The van der Waals surface area contributed by atoms with E-state index in [1.165, 1.54) is 13.5 Å². The van der Waals surface area contributed by atoms with Gasteiger partial charge < -0.3 is 20.5 Å². The van der Waals surface area contributed by atoms with Gasteiger partial charge in [-0.15, -0.1) is 13.2 Å². The fourth-order valence-corrected chi connectivity index (χ4v) is 4.47. The van der Waals surface area contributed by atoms with E-state index in [1.54, 1.807) is 14.0 Å². The molecule has 2 saturated carbocycles. The number of methoxy groups -OCH3 is 1. The van der Waals surface area contributed by atoms with Gasteiger partial charge in [0, 0.05) is 18.5 Å². The lowest BCUT2D eigenvalue weighted by Gasteiger charge is -2.15. The Morgan fingerprint density at radius 2 is 1.68 bits per heavy atom. The molecule has 0 radical (unpaired) electrons. The second-order valence-electron chi connectivity index (χ2n) is 8.52. The minimum absolute atomic E-state index is 0.347. The Kier molecular flexibility index (Phi) is 11.9. The monoisotopic (exact) mass is 432 g/mol. The molecule has 0 aliphatic heterocycles. The summed E-state index contributed by atoms with van der Waals surface area (Å²) in [4.78, 5) is 21.5. The average Bonchev–Trinajstić information content (AvgIpc) is 3.38. The Morgan fingerprint density at radius 3 is 2.16 bits per heavy atom. The van der Waals surface area contributed by atoms with Crippen molar-refractivity contribution in [2.45, 2.75) is 32.6 Å². The van der Waals surface area contributed by atoms with Gasteiger partial charge >= 0.3 is 12.1 Å². The maximum Gasteiger partial charge on any atom is 0.406 e. The van der Waals surface area contributed by atoms with Crippen molar-refractivity contribution in [1.29, 1.82) is 0 Å². The van der Waals surface area contributed by atoms with E-state index in [0.29, 0.717) is 47.7 Å². The number of alkyl carbamates (subject to hydrolysis) is 1. The summed E-state index contributed by atoms with van der Waals surface area (Å²) >= 11 is 0. The number of rotatable bonds is 8. The second-order valence-corrected chi connectivity index (χ2v) is 8.52. The molecular formula is C25H40N2O4. The van der Waals surface area contributed by atoms with Crippen LogP contribution in [0.3, 0.4) is 0 Å². The van der Waals surface area contributed by atoms with E-state index in [9.17, 15) is 9.59 Å². The zero-order valence-electron chi connectivity index (χ0n) is 19.3. The van der Waals surface area contributed by atoms with Gasteiger partial charge in [0.15, 0.2) is 0 Å². The van der Waals surface area contributed by atoms with Gasteiger partial charge in [-0.25, -0.2) is 9.59 Å². The molecule has 6 atom stereocenters. The quantitative estimate of drug-likeness (QED) is 0.340. The molecule has 6 unspecified atom stereocenters. The largest absolute Gasteiger partial charge is 0.466 e. The predicted octanol–water partition coefficient (Wildman–Crippen LogP) is 4.25. The van der Waals surface area contributed by atoms with Crippen LogP contribution in [0.2, 0.25) is 0 Å². The van der Waals surface area contributed by atoms with Gasteiger partial charge in [-0.05, 0) is 68.7 Å². The van der Waals surface area contributed by atoms with Crippen molar-refractivity contribution < 1.29 is 19.1 Å². The molecule has 2 rings (SSSR count). The van der Waals surface area contributed by atoms with Gasteiger partial charge in [0.1, 0.15) is 0 Å². The first-order chi connectivity index (χ1) is 14.8. The van der Waals surface area contributed by atoms with Gasteiger partial charge in [0.2, 0.25) is 0 Å². The van der Waals surface area contributed by atoms with E-state index in [2.05, 4.69) is 48.0 Å². The number of ether oxygens (including phenoxy) is 2. The van der Waals surface area contributed by atoms with E-state index < -0.39 is 0 Å². The summed E-state index contributed by atoms with van der Waals surface area (Å²) < 4.78 is 9.52. The molecule has 1 amide bonds. The highest BCUT2D eigenvalue weighted by Crippen LogP contribution is 2.41. The van der Waals surface area contributed by atoms with Gasteiger partial charge in [0.05, 0.1) is 13.7 Å². The number of nitrogens with two attached hydrogens (primary N) is 1. The van der Waals surface area contributed by atoms with Crippen molar-refractivity contribution in [3.05, 3.63) is 49.6 Å². The summed E-state index contributed by atoms with van der Waals surface area (Å²) in [6.45, 7) is 14.1. The van der Waals surface area contributed by atoms with E-state index in [0.717, 1.165) is 25.8 Å². The van der Waals surface area contributed by atoms with Gasteiger partial charge in [-0.3, -0.25) is 0 Å². The number of allylic oxidation sites excluding steroid dienone is 4. The third-order valence-corrected chi connectivity index (χ3v) is 6.31. The highest BCUT2D eigenvalue weighted by atomic mass is 16.5. The first-order valence-electron chi connectivity index (χ1n) is 11.0. The second kappa shape index (κ2) is 13.9. The Hall–Kier alpha value is -2.34. The minimum Gasteiger partial charge on any atom is -0.466 e. The number of carbonyl (C=O) groups is 2. The summed E-state index contributed by atoms with van der Waals surface area (Å²) in [5.41, 5.74) is 6.37. The Bertz CT molecular complexity index is 658. The Balaban J connectivity index is 0.000000592. The summed E-state index contributed by atoms with van der Waals surface area (Å²) in [5, 5.41) is 2.50. The fourth-order valence-electron chi connectivity index (χ4n) is 4.47. The lowest BCUT2D eigenvalue weighted by molar-refractivity contribution is -0.136. The van der Waals surface area contributed by atoms with Crippen molar-refractivity contribution in [3.8, 4) is 0 Å². The van der Waals surface area contributed by atoms with Crippen LogP contribution in [0.1, 0.15) is 32.6 Å². The Labute approximate surface area is 187 Å². The molecule has 0 aromatic carbocycles. The fraction of sp³-hybridized carbons (Fsp3) is 0.600. The van der Waals surface area contributed by atoms with Crippen LogP contribution in [-0.4, -0.2) is 39.4 Å². The molecule has 0 aromatic heterocycles. The van der Waals surface area contributed by atoms with Crippen LogP contribution >= 0.6 is 0 Å². The first kappa shape index (κ1) is 26.7. The third kappa shape index (κ3) is 8.74. The van der Waals surface area contributed by atoms with E-state index in [4.69, 9.17) is 10.5 Å². The SMILES string of the molecule is C=C(C)C(=O)OC.C=CC1CC(/C=C\C2CC(C=C)C(COC(=O)NC)C2)C(CN)C1. The highest BCUT2D eigenvalue weighted by Gasteiger charge is 2.33. The first-order valence-corrected chi connectivity index (χ1v) is 11.0. The molecule has 0 spiro atoms. The van der Waals surface area contributed by atoms with Crippen LogP contribution in [0.25, 0.3) is 0 Å². The zero-order chi connectivity index (χ0) is 23.4. The lowest BCUT2D eigenvalue weighted by Crippen LogP contribution is -2.23. The van der Waals surface area contributed by atoms with Crippen LogP contribution < -0.4 is 11.1 Å². The van der Waals surface area contributed by atoms with Crippen molar-refractivity contribution in [2.24, 2.45) is 41.2 Å². The average molecular weight is 433 g/mol. The number of hydrogen-bond donors (Lipinski definition) is 2. The van der Waals surface area contributed by atoms with Crippen molar-refractivity contribution in [1.82, 2.24) is 5.32 Å². The number of carbonyl (C=O) groups excluding carboxylic acids is 2. The number of nitrogens with one attached hydrogen (secondary N) is 1. The summed E-state index contributed by atoms with van der Waals surface area (Å²) in [6, 6.07) is 0. The summed E-state index contributed by atoms with van der Waals surface area (Å²) in [7, 11) is 2.91. The molecule has 2 aliphatic carbocycles. The van der Waals surface area contributed by atoms with E-state index >= 15 is 0 Å². The molecule has 6 nitrogen and oxygen atoms in total. The number of hydrogen-bond acceptors (Lipinski definition) is 5. The van der Waals surface area contributed by atoms with Crippen LogP contribution in [0.5, 0.6) is 0 Å². The van der Waals surface area contributed by atoms with Crippen LogP contribution in [-0.2, 0) is 14.3 Å². The number of amides is 1. The summed E-state index contributed by atoms with van der Waals surface area (Å²) in [5.74, 6) is 2.72.